The molecule has 0 unspecified atom stereocenters. The summed E-state index contributed by atoms with van der Waals surface area (Å²) in [6, 6.07) is 2.87. The number of aliphatic hydroxyl groups excluding tert-OH is 1. The van der Waals surface area contributed by atoms with Crippen molar-refractivity contribution in [2.75, 3.05) is 25.0 Å². The number of hydrogen-bond donors (Lipinski definition) is 2. The first-order valence-electron chi connectivity index (χ1n) is 5.20. The molecule has 0 bridgehead atoms. The number of likely N-dealkylation sites (tertiary alicyclic amines) is 1. The zero-order chi connectivity index (χ0) is 12.4. The number of halogens is 2. The van der Waals surface area contributed by atoms with Crippen LogP contribution in [0.25, 0.3) is 0 Å². The summed E-state index contributed by atoms with van der Waals surface area (Å²) >= 11 is 0. The van der Waals surface area contributed by atoms with Crippen LogP contribution in [0.3, 0.4) is 0 Å². The zero-order valence-electron chi connectivity index (χ0n) is 8.99. The summed E-state index contributed by atoms with van der Waals surface area (Å²) in [6.07, 6.45) is -0.395. The number of anilines is 1. The van der Waals surface area contributed by atoms with Gasteiger partial charge in [0.1, 0.15) is 11.6 Å². The molecule has 6 heteroatoms. The lowest BCUT2D eigenvalue weighted by Crippen LogP contribution is -2.53. The highest BCUT2D eigenvalue weighted by molar-refractivity contribution is 5.92. The van der Waals surface area contributed by atoms with Gasteiger partial charge in [-0.2, -0.15) is 0 Å². The number of aliphatic hydroxyl groups is 1. The molecule has 1 amide bonds. The lowest BCUT2D eigenvalue weighted by Gasteiger charge is -2.34. The van der Waals surface area contributed by atoms with Crippen molar-refractivity contribution in [1.82, 2.24) is 4.90 Å². The smallest absolute Gasteiger partial charge is 0.238 e. The van der Waals surface area contributed by atoms with Crippen molar-refractivity contribution in [3.8, 4) is 0 Å². The van der Waals surface area contributed by atoms with E-state index in [9.17, 15) is 13.6 Å². The number of nitrogens with one attached hydrogen (secondary N) is 1. The highest BCUT2D eigenvalue weighted by Gasteiger charge is 2.26. The number of benzene rings is 1. The number of nitrogens with zero attached hydrogens (tertiary/aromatic N) is 1. The van der Waals surface area contributed by atoms with E-state index in [0.717, 1.165) is 18.2 Å². The highest BCUT2D eigenvalue weighted by atomic mass is 19.1. The summed E-state index contributed by atoms with van der Waals surface area (Å²) in [4.78, 5) is 13.2. The van der Waals surface area contributed by atoms with Crippen LogP contribution in [0.4, 0.5) is 14.5 Å². The van der Waals surface area contributed by atoms with Crippen LogP contribution in [-0.4, -0.2) is 41.7 Å². The first kappa shape index (κ1) is 11.9. The molecule has 0 aliphatic carbocycles. The van der Waals surface area contributed by atoms with Gasteiger partial charge in [-0.25, -0.2) is 8.78 Å². The second kappa shape index (κ2) is 4.77. The van der Waals surface area contributed by atoms with Crippen LogP contribution in [0, 0.1) is 11.6 Å². The summed E-state index contributed by atoms with van der Waals surface area (Å²) in [5, 5.41) is 11.3. The second-order valence-corrected chi connectivity index (χ2v) is 4.02. The quantitative estimate of drug-likeness (QED) is 0.815. The SMILES string of the molecule is O=C(CN1CC(O)C1)Nc1cc(F)ccc1F. The molecule has 1 aromatic rings. The third-order valence-electron chi connectivity index (χ3n) is 2.51. The summed E-state index contributed by atoms with van der Waals surface area (Å²) in [5.41, 5.74) is -0.170. The fraction of sp³-hybridized carbons (Fsp3) is 0.364. The van der Waals surface area contributed by atoms with Gasteiger partial charge >= 0.3 is 0 Å². The van der Waals surface area contributed by atoms with E-state index in [0.29, 0.717) is 13.1 Å². The Morgan fingerprint density at radius 2 is 2.18 bits per heavy atom. The number of carbonyl (C=O) groups excluding carboxylic acids is 1. The molecular weight excluding hydrogens is 230 g/mol. The molecule has 1 aliphatic rings. The van der Waals surface area contributed by atoms with Crippen molar-refractivity contribution in [3.63, 3.8) is 0 Å². The minimum absolute atomic E-state index is 0.0625. The Morgan fingerprint density at radius 1 is 1.47 bits per heavy atom. The third-order valence-corrected chi connectivity index (χ3v) is 2.51. The van der Waals surface area contributed by atoms with Crippen LogP contribution in [0.15, 0.2) is 18.2 Å². The van der Waals surface area contributed by atoms with Gasteiger partial charge in [0.25, 0.3) is 0 Å². The molecule has 0 radical (unpaired) electrons. The van der Waals surface area contributed by atoms with E-state index >= 15 is 0 Å². The molecule has 1 aromatic carbocycles. The summed E-state index contributed by atoms with van der Waals surface area (Å²) in [5.74, 6) is -1.72. The van der Waals surface area contributed by atoms with E-state index in [4.69, 9.17) is 5.11 Å². The molecule has 0 spiro atoms. The minimum Gasteiger partial charge on any atom is -0.390 e. The van der Waals surface area contributed by atoms with Gasteiger partial charge in [0.2, 0.25) is 5.91 Å². The van der Waals surface area contributed by atoms with Crippen LogP contribution < -0.4 is 5.32 Å². The lowest BCUT2D eigenvalue weighted by atomic mass is 10.2. The summed E-state index contributed by atoms with van der Waals surface area (Å²) in [7, 11) is 0. The first-order chi connectivity index (χ1) is 8.04. The molecule has 2 N–H and O–H groups in total. The second-order valence-electron chi connectivity index (χ2n) is 4.02. The van der Waals surface area contributed by atoms with E-state index in [-0.39, 0.29) is 12.2 Å². The molecule has 4 nitrogen and oxygen atoms in total. The molecular formula is C11H12F2N2O2. The Morgan fingerprint density at radius 3 is 2.82 bits per heavy atom. The molecule has 0 aromatic heterocycles. The van der Waals surface area contributed by atoms with Crippen molar-refractivity contribution in [1.29, 1.82) is 0 Å². The topological polar surface area (TPSA) is 52.6 Å². The van der Waals surface area contributed by atoms with Gasteiger partial charge < -0.3 is 10.4 Å². The molecule has 92 valence electrons. The monoisotopic (exact) mass is 242 g/mol. The van der Waals surface area contributed by atoms with Crippen molar-refractivity contribution in [3.05, 3.63) is 29.8 Å². The molecule has 0 saturated carbocycles. The van der Waals surface area contributed by atoms with Crippen LogP contribution in [0.2, 0.25) is 0 Å². The van der Waals surface area contributed by atoms with Crippen LogP contribution in [-0.2, 0) is 4.79 Å². The van der Waals surface area contributed by atoms with E-state index < -0.39 is 23.6 Å². The highest BCUT2D eigenvalue weighted by Crippen LogP contribution is 2.15. The maximum atomic E-state index is 13.2. The summed E-state index contributed by atoms with van der Waals surface area (Å²) < 4.78 is 26.0. The number of β-amino-alcohol motifs (C(OH)–C–C–N with tert-alkyl or cyclic N) is 1. The van der Waals surface area contributed by atoms with Crippen molar-refractivity contribution in [2.45, 2.75) is 6.10 Å². The number of carbonyl (C=O) groups is 1. The number of amides is 1. The van der Waals surface area contributed by atoms with Gasteiger partial charge in [0, 0.05) is 19.2 Å². The minimum atomic E-state index is -0.677. The fourth-order valence-corrected chi connectivity index (χ4v) is 1.66. The van der Waals surface area contributed by atoms with Crippen LogP contribution >= 0.6 is 0 Å². The van der Waals surface area contributed by atoms with Gasteiger partial charge in [-0.15, -0.1) is 0 Å². The Labute approximate surface area is 96.8 Å². The molecule has 17 heavy (non-hydrogen) atoms. The van der Waals surface area contributed by atoms with Crippen LogP contribution in [0.1, 0.15) is 0 Å². The molecule has 1 aliphatic heterocycles. The molecule has 1 heterocycles. The Balaban J connectivity index is 1.91. The van der Waals surface area contributed by atoms with E-state index in [1.165, 1.54) is 0 Å². The van der Waals surface area contributed by atoms with Gasteiger partial charge in [0.15, 0.2) is 0 Å². The number of rotatable bonds is 3. The van der Waals surface area contributed by atoms with E-state index in [1.807, 2.05) is 0 Å². The standard InChI is InChI=1S/C11H12F2N2O2/c12-7-1-2-9(13)10(3-7)14-11(17)6-15-4-8(16)5-15/h1-3,8,16H,4-6H2,(H,14,17). The van der Waals surface area contributed by atoms with Gasteiger partial charge in [-0.05, 0) is 12.1 Å². The molecule has 0 atom stereocenters. The maximum Gasteiger partial charge on any atom is 0.238 e. The van der Waals surface area contributed by atoms with Crippen LogP contribution in [0.5, 0.6) is 0 Å². The Hall–Kier alpha value is -1.53. The molecule has 2 rings (SSSR count). The van der Waals surface area contributed by atoms with Crippen molar-refractivity contribution in [2.24, 2.45) is 0 Å². The average Bonchev–Trinajstić information content (AvgIpc) is 2.21. The van der Waals surface area contributed by atoms with Gasteiger partial charge in [-0.1, -0.05) is 0 Å². The fourth-order valence-electron chi connectivity index (χ4n) is 1.66. The first-order valence-corrected chi connectivity index (χ1v) is 5.20. The zero-order valence-corrected chi connectivity index (χ0v) is 8.99. The van der Waals surface area contributed by atoms with Crippen molar-refractivity contribution < 1.29 is 18.7 Å². The maximum absolute atomic E-state index is 13.2. The Bertz CT molecular complexity index is 433. The Kier molecular flexibility index (Phi) is 3.35. The average molecular weight is 242 g/mol. The molecule has 1 fully saturated rings. The van der Waals surface area contributed by atoms with Gasteiger partial charge in [0.05, 0.1) is 18.3 Å². The lowest BCUT2D eigenvalue weighted by molar-refractivity contribution is -0.119. The van der Waals surface area contributed by atoms with Gasteiger partial charge in [-0.3, -0.25) is 9.69 Å². The largest absolute Gasteiger partial charge is 0.390 e. The van der Waals surface area contributed by atoms with Crippen molar-refractivity contribution >= 4 is 11.6 Å². The number of hydrogen-bond acceptors (Lipinski definition) is 3. The molecule has 1 saturated heterocycles. The summed E-state index contributed by atoms with van der Waals surface area (Å²) in [6.45, 7) is 0.922. The predicted molar refractivity (Wildman–Crippen MR) is 57.4 cm³/mol. The van der Waals surface area contributed by atoms with E-state index in [1.54, 1.807) is 4.90 Å². The predicted octanol–water partition coefficient (Wildman–Crippen LogP) is 0.580. The normalized spacial score (nSPS) is 16.6. The third kappa shape index (κ3) is 2.98. The van der Waals surface area contributed by atoms with E-state index in [2.05, 4.69) is 5.32 Å².